The number of hydrogen-bond acceptors (Lipinski definition) is 3. The van der Waals surface area contributed by atoms with Crippen LogP contribution in [0.3, 0.4) is 0 Å². The topological polar surface area (TPSA) is 64.0 Å². The van der Waals surface area contributed by atoms with Crippen LogP contribution in [0, 0.1) is 0 Å². The Kier molecular flexibility index (Phi) is 4.99. The van der Waals surface area contributed by atoms with E-state index in [-0.39, 0.29) is 5.69 Å². The van der Waals surface area contributed by atoms with Crippen molar-refractivity contribution in [3.63, 3.8) is 0 Å². The minimum absolute atomic E-state index is 0.243. The molecule has 3 aromatic rings. The van der Waals surface area contributed by atoms with Gasteiger partial charge in [-0.15, -0.1) is 0 Å². The number of halogens is 3. The first-order valence-electron chi connectivity index (χ1n) is 7.37. The van der Waals surface area contributed by atoms with Crippen LogP contribution in [0.5, 0.6) is 0 Å². The van der Waals surface area contributed by atoms with Crippen molar-refractivity contribution in [1.29, 1.82) is 0 Å². The fourth-order valence-corrected chi connectivity index (χ4v) is 2.94. The zero-order chi connectivity index (χ0) is 18.1. The van der Waals surface area contributed by atoms with Crippen LogP contribution in [-0.4, -0.2) is 15.7 Å². The molecule has 0 aliphatic heterocycles. The van der Waals surface area contributed by atoms with Gasteiger partial charge in [0.05, 0.1) is 21.6 Å². The molecule has 0 radical (unpaired) electrons. The van der Waals surface area contributed by atoms with Gasteiger partial charge >= 0.3 is 0 Å². The molecule has 0 saturated carbocycles. The molecule has 0 saturated heterocycles. The van der Waals surface area contributed by atoms with Crippen molar-refractivity contribution >= 4 is 57.3 Å². The van der Waals surface area contributed by atoms with E-state index >= 15 is 0 Å². The molecule has 3 rings (SSSR count). The lowest BCUT2D eigenvalue weighted by Crippen LogP contribution is -2.27. The number of rotatable bonds is 3. The van der Waals surface area contributed by atoms with E-state index < -0.39 is 11.3 Å². The molecule has 1 aromatic heterocycles. The van der Waals surface area contributed by atoms with Crippen molar-refractivity contribution in [2.24, 2.45) is 0 Å². The zero-order valence-electron chi connectivity index (χ0n) is 13.0. The van der Waals surface area contributed by atoms with Crippen molar-refractivity contribution in [3.05, 3.63) is 67.4 Å². The molecule has 25 heavy (non-hydrogen) atoms. The zero-order valence-corrected chi connectivity index (χ0v) is 15.3. The van der Waals surface area contributed by atoms with E-state index in [0.29, 0.717) is 38.2 Å². The second kappa shape index (κ2) is 7.04. The summed E-state index contributed by atoms with van der Waals surface area (Å²) in [6.07, 6.45) is 0. The van der Waals surface area contributed by atoms with Gasteiger partial charge in [-0.2, -0.15) is 5.10 Å². The first-order chi connectivity index (χ1) is 11.9. The quantitative estimate of drug-likeness (QED) is 0.702. The smallest absolute Gasteiger partial charge is 0.280 e. The van der Waals surface area contributed by atoms with E-state index in [2.05, 4.69) is 10.4 Å². The normalized spacial score (nSPS) is 10.9. The fourth-order valence-electron chi connectivity index (χ4n) is 2.43. The molecule has 0 bridgehead atoms. The Morgan fingerprint density at radius 2 is 1.80 bits per heavy atom. The Labute approximate surface area is 158 Å². The molecule has 0 fully saturated rings. The van der Waals surface area contributed by atoms with Gasteiger partial charge in [0.25, 0.3) is 5.91 Å². The van der Waals surface area contributed by atoms with Gasteiger partial charge in [0.15, 0.2) is 5.69 Å². The average Bonchev–Trinajstić information content (AvgIpc) is 2.58. The molecule has 0 unspecified atom stereocenters. The Morgan fingerprint density at radius 1 is 1.12 bits per heavy atom. The summed E-state index contributed by atoms with van der Waals surface area (Å²) in [6.45, 7) is 2.34. The summed E-state index contributed by atoms with van der Waals surface area (Å²) in [5, 5.41) is 8.18. The lowest BCUT2D eigenvalue weighted by molar-refractivity contribution is 0.101. The van der Waals surface area contributed by atoms with Crippen LogP contribution < -0.4 is 10.7 Å². The maximum Gasteiger partial charge on any atom is 0.280 e. The summed E-state index contributed by atoms with van der Waals surface area (Å²) in [4.78, 5) is 25.3. The van der Waals surface area contributed by atoms with Crippen LogP contribution >= 0.6 is 34.8 Å². The van der Waals surface area contributed by atoms with Crippen LogP contribution in [0.1, 0.15) is 17.4 Å². The van der Waals surface area contributed by atoms with Gasteiger partial charge in [-0.3, -0.25) is 14.3 Å². The van der Waals surface area contributed by atoms with Gasteiger partial charge in [0.1, 0.15) is 0 Å². The number of nitrogens with zero attached hydrogens (tertiary/aromatic N) is 2. The van der Waals surface area contributed by atoms with Crippen molar-refractivity contribution in [1.82, 2.24) is 9.78 Å². The van der Waals surface area contributed by atoms with Crippen molar-refractivity contribution in [3.8, 4) is 0 Å². The first kappa shape index (κ1) is 17.7. The molecule has 0 spiro atoms. The highest BCUT2D eigenvalue weighted by Gasteiger charge is 2.18. The summed E-state index contributed by atoms with van der Waals surface area (Å²) >= 11 is 17.9. The van der Waals surface area contributed by atoms with Crippen LogP contribution in [0.15, 0.2) is 41.2 Å². The summed E-state index contributed by atoms with van der Waals surface area (Å²) in [5.74, 6) is -0.668. The highest BCUT2D eigenvalue weighted by atomic mass is 35.5. The lowest BCUT2D eigenvalue weighted by Gasteiger charge is -2.11. The van der Waals surface area contributed by atoms with E-state index in [0.717, 1.165) is 0 Å². The lowest BCUT2D eigenvalue weighted by atomic mass is 10.2. The second-order valence-electron chi connectivity index (χ2n) is 5.23. The largest absolute Gasteiger partial charge is 0.319 e. The average molecular weight is 397 g/mol. The van der Waals surface area contributed by atoms with Crippen LogP contribution in [0.2, 0.25) is 15.1 Å². The first-order valence-corrected chi connectivity index (χ1v) is 8.51. The number of aromatic nitrogens is 2. The molecule has 5 nitrogen and oxygen atoms in total. The number of benzene rings is 2. The van der Waals surface area contributed by atoms with E-state index in [4.69, 9.17) is 34.8 Å². The van der Waals surface area contributed by atoms with Crippen LogP contribution in [0.4, 0.5) is 5.69 Å². The van der Waals surface area contributed by atoms with Gasteiger partial charge in [-0.05, 0) is 43.3 Å². The molecule has 2 aromatic carbocycles. The molecule has 1 heterocycles. The number of fused-ring (bicyclic) bond motifs is 1. The van der Waals surface area contributed by atoms with E-state index in [1.165, 1.54) is 12.1 Å². The number of aryl methyl sites for hydroxylation is 1. The van der Waals surface area contributed by atoms with Gasteiger partial charge in [-0.1, -0.05) is 34.8 Å². The van der Waals surface area contributed by atoms with Crippen molar-refractivity contribution < 1.29 is 4.79 Å². The fraction of sp³-hybridized carbons (Fsp3) is 0.118. The third-order valence-corrected chi connectivity index (χ3v) is 4.41. The van der Waals surface area contributed by atoms with Gasteiger partial charge < -0.3 is 5.32 Å². The SMILES string of the molecule is CCn1nc(C(=O)Nc2cc(Cl)ccc2Cl)c(=O)c2cc(Cl)ccc21. The number of amides is 1. The highest BCUT2D eigenvalue weighted by molar-refractivity contribution is 6.36. The standard InChI is InChI=1S/C17H12Cl3N3O2/c1-2-23-14-6-4-9(18)7-11(14)16(24)15(22-23)17(25)21-13-8-10(19)3-5-12(13)20/h3-8H,2H2,1H3,(H,21,25). The molecule has 1 amide bonds. The Hall–Kier alpha value is -2.08. The summed E-state index contributed by atoms with van der Waals surface area (Å²) in [6, 6.07) is 9.54. The molecule has 8 heteroatoms. The number of carbonyl (C=O) groups is 1. The van der Waals surface area contributed by atoms with E-state index in [1.807, 2.05) is 6.92 Å². The number of carbonyl (C=O) groups excluding carboxylic acids is 1. The summed E-state index contributed by atoms with van der Waals surface area (Å²) in [7, 11) is 0. The minimum Gasteiger partial charge on any atom is -0.319 e. The predicted molar refractivity (Wildman–Crippen MR) is 101 cm³/mol. The molecule has 0 aliphatic carbocycles. The summed E-state index contributed by atoms with van der Waals surface area (Å²) < 4.78 is 1.57. The van der Waals surface area contributed by atoms with Gasteiger partial charge in [0, 0.05) is 16.6 Å². The Bertz CT molecular complexity index is 1050. The van der Waals surface area contributed by atoms with Crippen LogP contribution in [0.25, 0.3) is 10.9 Å². The molecular formula is C17H12Cl3N3O2. The number of nitrogens with one attached hydrogen (secondary N) is 1. The second-order valence-corrected chi connectivity index (χ2v) is 6.51. The highest BCUT2D eigenvalue weighted by Crippen LogP contribution is 2.25. The van der Waals surface area contributed by atoms with Crippen molar-refractivity contribution in [2.75, 3.05) is 5.32 Å². The number of hydrogen-bond donors (Lipinski definition) is 1. The molecular weight excluding hydrogens is 385 g/mol. The van der Waals surface area contributed by atoms with E-state index in [9.17, 15) is 9.59 Å². The molecule has 0 aliphatic rings. The Balaban J connectivity index is 2.11. The van der Waals surface area contributed by atoms with Gasteiger partial charge in [-0.25, -0.2) is 0 Å². The Morgan fingerprint density at radius 3 is 2.52 bits per heavy atom. The minimum atomic E-state index is -0.668. The molecule has 0 atom stereocenters. The molecule has 1 N–H and O–H groups in total. The monoisotopic (exact) mass is 395 g/mol. The van der Waals surface area contributed by atoms with E-state index in [1.54, 1.807) is 28.9 Å². The maximum absolute atomic E-state index is 12.7. The van der Waals surface area contributed by atoms with Gasteiger partial charge in [0.2, 0.25) is 5.43 Å². The summed E-state index contributed by atoms with van der Waals surface area (Å²) in [5.41, 5.74) is 0.161. The third-order valence-electron chi connectivity index (χ3n) is 3.61. The third kappa shape index (κ3) is 3.49. The van der Waals surface area contributed by atoms with Crippen LogP contribution in [-0.2, 0) is 6.54 Å². The maximum atomic E-state index is 12.7. The van der Waals surface area contributed by atoms with Crippen molar-refractivity contribution in [2.45, 2.75) is 13.5 Å². The number of anilines is 1. The molecule has 128 valence electrons. The predicted octanol–water partition coefficient (Wildman–Crippen LogP) is 4.63.